The van der Waals surface area contributed by atoms with Crippen LogP contribution in [0.3, 0.4) is 0 Å². The smallest absolute Gasteiger partial charge is 0.307 e. The lowest BCUT2D eigenvalue weighted by Crippen LogP contribution is -2.36. The lowest BCUT2D eigenvalue weighted by atomic mass is 10.1. The SMILES string of the molecule is CC(=O)N1CCCN(CC(C)C(=O)O)CC1. The van der Waals surface area contributed by atoms with Crippen LogP contribution < -0.4 is 0 Å². The fourth-order valence-corrected chi connectivity index (χ4v) is 1.93. The zero-order chi connectivity index (χ0) is 12.1. The maximum Gasteiger partial charge on any atom is 0.307 e. The molecule has 5 heteroatoms. The molecule has 92 valence electrons. The van der Waals surface area contributed by atoms with Gasteiger partial charge in [-0.2, -0.15) is 0 Å². The molecule has 0 aliphatic carbocycles. The van der Waals surface area contributed by atoms with E-state index in [1.165, 1.54) is 0 Å². The molecule has 16 heavy (non-hydrogen) atoms. The second-order valence-electron chi connectivity index (χ2n) is 4.40. The molecule has 1 amide bonds. The summed E-state index contributed by atoms with van der Waals surface area (Å²) in [6.07, 6.45) is 0.923. The summed E-state index contributed by atoms with van der Waals surface area (Å²) in [7, 11) is 0. The van der Waals surface area contributed by atoms with Crippen molar-refractivity contribution in [3.05, 3.63) is 0 Å². The van der Waals surface area contributed by atoms with E-state index in [0.717, 1.165) is 26.1 Å². The Morgan fingerprint density at radius 1 is 1.25 bits per heavy atom. The molecular formula is C11H20N2O3. The van der Waals surface area contributed by atoms with Crippen LogP contribution in [-0.2, 0) is 9.59 Å². The first-order valence-electron chi connectivity index (χ1n) is 5.71. The second-order valence-corrected chi connectivity index (χ2v) is 4.40. The number of carboxylic acids is 1. The molecule has 1 fully saturated rings. The highest BCUT2D eigenvalue weighted by Gasteiger charge is 2.20. The van der Waals surface area contributed by atoms with E-state index < -0.39 is 5.97 Å². The van der Waals surface area contributed by atoms with Crippen LogP contribution in [0.4, 0.5) is 0 Å². The summed E-state index contributed by atoms with van der Waals surface area (Å²) in [6, 6.07) is 0. The molecule has 0 bridgehead atoms. The Morgan fingerprint density at radius 2 is 1.94 bits per heavy atom. The van der Waals surface area contributed by atoms with Crippen LogP contribution in [0, 0.1) is 5.92 Å². The van der Waals surface area contributed by atoms with Gasteiger partial charge in [0, 0.05) is 33.1 Å². The molecule has 1 rings (SSSR count). The van der Waals surface area contributed by atoms with Gasteiger partial charge >= 0.3 is 5.97 Å². The third kappa shape index (κ3) is 3.81. The molecule has 0 aromatic carbocycles. The standard InChI is InChI=1S/C11H20N2O3/c1-9(11(15)16)8-12-4-3-5-13(7-6-12)10(2)14/h9H,3-8H2,1-2H3,(H,15,16). The molecule has 1 aliphatic rings. The highest BCUT2D eigenvalue weighted by molar-refractivity contribution is 5.73. The molecule has 1 heterocycles. The summed E-state index contributed by atoms with van der Waals surface area (Å²) in [5.41, 5.74) is 0. The van der Waals surface area contributed by atoms with Crippen molar-refractivity contribution in [3.8, 4) is 0 Å². The highest BCUT2D eigenvalue weighted by Crippen LogP contribution is 2.06. The first-order valence-corrected chi connectivity index (χ1v) is 5.71. The Labute approximate surface area is 96.0 Å². The van der Waals surface area contributed by atoms with Crippen LogP contribution in [0.15, 0.2) is 0 Å². The van der Waals surface area contributed by atoms with Crippen molar-refractivity contribution < 1.29 is 14.7 Å². The summed E-state index contributed by atoms with van der Waals surface area (Å²) in [5.74, 6) is -0.996. The van der Waals surface area contributed by atoms with Gasteiger partial charge in [0.05, 0.1) is 5.92 Å². The predicted molar refractivity (Wildman–Crippen MR) is 60.1 cm³/mol. The molecule has 0 aromatic heterocycles. The normalized spacial score (nSPS) is 20.2. The Balaban J connectivity index is 2.41. The number of carboxylic acid groups (broad SMARTS) is 1. The molecule has 1 atom stereocenters. The number of aliphatic carboxylic acids is 1. The molecule has 0 aromatic rings. The third-order valence-corrected chi connectivity index (χ3v) is 2.99. The Hall–Kier alpha value is -1.10. The van der Waals surface area contributed by atoms with Crippen molar-refractivity contribution in [2.24, 2.45) is 5.92 Å². The average molecular weight is 228 g/mol. The van der Waals surface area contributed by atoms with Gasteiger partial charge in [0.25, 0.3) is 0 Å². The molecule has 1 saturated heterocycles. The van der Waals surface area contributed by atoms with Gasteiger partial charge in [-0.3, -0.25) is 9.59 Å². The lowest BCUT2D eigenvalue weighted by molar-refractivity contribution is -0.141. The molecule has 5 nitrogen and oxygen atoms in total. The van der Waals surface area contributed by atoms with Gasteiger partial charge in [0.2, 0.25) is 5.91 Å². The van der Waals surface area contributed by atoms with Crippen molar-refractivity contribution in [2.75, 3.05) is 32.7 Å². The number of carbonyl (C=O) groups is 2. The summed E-state index contributed by atoms with van der Waals surface area (Å²) in [4.78, 5) is 25.9. The first kappa shape index (κ1) is 13.0. The number of rotatable bonds is 3. The third-order valence-electron chi connectivity index (χ3n) is 2.99. The van der Waals surface area contributed by atoms with Gasteiger partial charge in [-0.05, 0) is 13.0 Å². The van der Waals surface area contributed by atoms with E-state index in [0.29, 0.717) is 13.1 Å². The Kier molecular flexibility index (Phi) is 4.73. The van der Waals surface area contributed by atoms with Crippen molar-refractivity contribution in [1.82, 2.24) is 9.80 Å². The van der Waals surface area contributed by atoms with Crippen LogP contribution in [-0.4, -0.2) is 59.5 Å². The Morgan fingerprint density at radius 3 is 2.50 bits per heavy atom. The predicted octanol–water partition coefficient (Wildman–Crippen LogP) is 0.261. The van der Waals surface area contributed by atoms with Crippen molar-refractivity contribution in [3.63, 3.8) is 0 Å². The summed E-state index contributed by atoms with van der Waals surface area (Å²) in [5, 5.41) is 8.83. The number of hydrogen-bond acceptors (Lipinski definition) is 3. The van der Waals surface area contributed by atoms with Crippen LogP contribution in [0.25, 0.3) is 0 Å². The number of amides is 1. The van der Waals surface area contributed by atoms with Gasteiger partial charge in [-0.1, -0.05) is 6.92 Å². The second kappa shape index (κ2) is 5.84. The number of hydrogen-bond donors (Lipinski definition) is 1. The van der Waals surface area contributed by atoms with E-state index in [-0.39, 0.29) is 11.8 Å². The summed E-state index contributed by atoms with van der Waals surface area (Å²) in [6.45, 7) is 7.01. The molecule has 1 unspecified atom stereocenters. The van der Waals surface area contributed by atoms with Gasteiger partial charge in [-0.25, -0.2) is 0 Å². The molecule has 1 N–H and O–H groups in total. The number of nitrogens with zero attached hydrogens (tertiary/aromatic N) is 2. The van der Waals surface area contributed by atoms with E-state index in [9.17, 15) is 9.59 Å². The minimum atomic E-state index is -0.757. The Bertz CT molecular complexity index is 268. The molecule has 1 aliphatic heterocycles. The van der Waals surface area contributed by atoms with Gasteiger partial charge in [0.1, 0.15) is 0 Å². The molecule has 0 spiro atoms. The first-order chi connectivity index (χ1) is 7.50. The van der Waals surface area contributed by atoms with E-state index >= 15 is 0 Å². The van der Waals surface area contributed by atoms with Gasteiger partial charge in [0.15, 0.2) is 0 Å². The monoisotopic (exact) mass is 228 g/mol. The van der Waals surface area contributed by atoms with Crippen molar-refractivity contribution in [2.45, 2.75) is 20.3 Å². The van der Waals surface area contributed by atoms with Crippen LogP contribution >= 0.6 is 0 Å². The maximum absolute atomic E-state index is 11.2. The maximum atomic E-state index is 11.2. The van der Waals surface area contributed by atoms with Gasteiger partial charge < -0.3 is 14.9 Å². The van der Waals surface area contributed by atoms with Crippen LogP contribution in [0.5, 0.6) is 0 Å². The average Bonchev–Trinajstić information content (AvgIpc) is 2.43. The highest BCUT2D eigenvalue weighted by atomic mass is 16.4. The molecular weight excluding hydrogens is 208 g/mol. The van der Waals surface area contributed by atoms with Gasteiger partial charge in [-0.15, -0.1) is 0 Å². The van der Waals surface area contributed by atoms with Crippen LogP contribution in [0.2, 0.25) is 0 Å². The fraction of sp³-hybridized carbons (Fsp3) is 0.818. The summed E-state index contributed by atoms with van der Waals surface area (Å²) >= 11 is 0. The van der Waals surface area contributed by atoms with E-state index in [2.05, 4.69) is 4.90 Å². The molecule has 0 saturated carbocycles. The fourth-order valence-electron chi connectivity index (χ4n) is 1.93. The summed E-state index contributed by atoms with van der Waals surface area (Å²) < 4.78 is 0. The van der Waals surface area contributed by atoms with Crippen LogP contribution in [0.1, 0.15) is 20.3 Å². The minimum Gasteiger partial charge on any atom is -0.481 e. The zero-order valence-corrected chi connectivity index (χ0v) is 9.98. The van der Waals surface area contributed by atoms with E-state index in [4.69, 9.17) is 5.11 Å². The van der Waals surface area contributed by atoms with Crippen molar-refractivity contribution in [1.29, 1.82) is 0 Å². The quantitative estimate of drug-likeness (QED) is 0.752. The molecule has 0 radical (unpaired) electrons. The zero-order valence-electron chi connectivity index (χ0n) is 9.98. The lowest BCUT2D eigenvalue weighted by Gasteiger charge is -2.22. The largest absolute Gasteiger partial charge is 0.481 e. The number of carbonyl (C=O) groups excluding carboxylic acids is 1. The van der Waals surface area contributed by atoms with Crippen molar-refractivity contribution >= 4 is 11.9 Å². The van der Waals surface area contributed by atoms with E-state index in [1.807, 2.05) is 4.90 Å². The van der Waals surface area contributed by atoms with E-state index in [1.54, 1.807) is 13.8 Å². The topological polar surface area (TPSA) is 60.9 Å². The minimum absolute atomic E-state index is 0.105.